The van der Waals surface area contributed by atoms with Crippen LogP contribution in [0.3, 0.4) is 0 Å². The van der Waals surface area contributed by atoms with Crippen molar-refractivity contribution in [2.24, 2.45) is 0 Å². The molecule has 0 N–H and O–H groups in total. The largest absolute Gasteiger partial charge is 0.339 e. The van der Waals surface area contributed by atoms with Crippen LogP contribution in [0.15, 0.2) is 71.8 Å². The first-order chi connectivity index (χ1) is 15.1. The van der Waals surface area contributed by atoms with E-state index < -0.39 is 0 Å². The highest BCUT2D eigenvalue weighted by Gasteiger charge is 2.28. The van der Waals surface area contributed by atoms with Crippen molar-refractivity contribution in [1.82, 2.24) is 15.0 Å². The van der Waals surface area contributed by atoms with Gasteiger partial charge in [-0.1, -0.05) is 29.4 Å². The summed E-state index contributed by atoms with van der Waals surface area (Å²) >= 11 is 0. The van der Waals surface area contributed by atoms with Crippen molar-refractivity contribution in [2.45, 2.75) is 18.8 Å². The molecule has 0 bridgehead atoms. The van der Waals surface area contributed by atoms with E-state index in [1.165, 1.54) is 12.1 Å². The van der Waals surface area contributed by atoms with E-state index in [0.717, 1.165) is 25.1 Å². The topological polar surface area (TPSA) is 62.5 Å². The highest BCUT2D eigenvalue weighted by molar-refractivity contribution is 5.95. The Kier molecular flexibility index (Phi) is 6.52. The number of anilines is 1. The van der Waals surface area contributed by atoms with Crippen molar-refractivity contribution >= 4 is 11.6 Å². The third kappa shape index (κ3) is 5.06. The fourth-order valence-corrected chi connectivity index (χ4v) is 3.88. The second-order valence-corrected chi connectivity index (χ2v) is 7.67. The van der Waals surface area contributed by atoms with Crippen molar-refractivity contribution < 1.29 is 13.7 Å². The van der Waals surface area contributed by atoms with Crippen LogP contribution >= 0.6 is 0 Å². The number of hydrogen-bond donors (Lipinski definition) is 0. The average molecular weight is 420 g/mol. The predicted molar refractivity (Wildman–Crippen MR) is 117 cm³/mol. The molecule has 7 heteroatoms. The Hall–Kier alpha value is -3.32. The number of likely N-dealkylation sites (tertiary alicyclic amines) is 1. The Morgan fingerprint density at radius 3 is 2.74 bits per heavy atom. The number of amides is 1. The molecule has 4 rings (SSSR count). The maximum Gasteiger partial charge on any atom is 0.241 e. The molecule has 3 aromatic rings. The molecule has 0 radical (unpaired) electrons. The third-order valence-electron chi connectivity index (χ3n) is 5.44. The molecule has 160 valence electrons. The van der Waals surface area contributed by atoms with E-state index in [-0.39, 0.29) is 17.6 Å². The van der Waals surface area contributed by atoms with Gasteiger partial charge in [-0.05, 0) is 55.8 Å². The van der Waals surface area contributed by atoms with Crippen molar-refractivity contribution in [3.63, 3.8) is 0 Å². The van der Waals surface area contributed by atoms with Crippen LogP contribution in [0, 0.1) is 5.82 Å². The van der Waals surface area contributed by atoms with Gasteiger partial charge in [-0.25, -0.2) is 4.39 Å². The molecule has 1 amide bonds. The number of carbonyl (C=O) groups is 1. The van der Waals surface area contributed by atoms with E-state index in [1.807, 2.05) is 30.3 Å². The Morgan fingerprint density at radius 2 is 2.00 bits per heavy atom. The van der Waals surface area contributed by atoms with Crippen LogP contribution in [0.4, 0.5) is 10.1 Å². The molecule has 0 spiro atoms. The van der Waals surface area contributed by atoms with Crippen LogP contribution in [0.1, 0.15) is 24.7 Å². The Labute approximate surface area is 181 Å². The van der Waals surface area contributed by atoms with E-state index in [0.29, 0.717) is 36.9 Å². The quantitative estimate of drug-likeness (QED) is 0.534. The summed E-state index contributed by atoms with van der Waals surface area (Å²) < 4.78 is 18.7. The highest BCUT2D eigenvalue weighted by atomic mass is 19.1. The van der Waals surface area contributed by atoms with Gasteiger partial charge in [0.2, 0.25) is 17.6 Å². The maximum absolute atomic E-state index is 13.2. The van der Waals surface area contributed by atoms with Crippen molar-refractivity contribution in [1.29, 1.82) is 0 Å². The second-order valence-electron chi connectivity index (χ2n) is 7.67. The zero-order chi connectivity index (χ0) is 21.6. The maximum atomic E-state index is 13.2. The number of rotatable bonds is 7. The number of halogens is 1. The summed E-state index contributed by atoms with van der Waals surface area (Å²) in [5.41, 5.74) is 1.57. The van der Waals surface area contributed by atoms with Crippen molar-refractivity contribution in [2.75, 3.05) is 31.1 Å². The molecule has 1 aliphatic rings. The lowest BCUT2D eigenvalue weighted by Crippen LogP contribution is -2.44. The summed E-state index contributed by atoms with van der Waals surface area (Å²) in [4.78, 5) is 21.4. The second kappa shape index (κ2) is 9.66. The lowest BCUT2D eigenvalue weighted by molar-refractivity contribution is -0.120. The zero-order valence-electron chi connectivity index (χ0n) is 17.3. The monoisotopic (exact) mass is 420 g/mol. The van der Waals surface area contributed by atoms with E-state index in [2.05, 4.69) is 21.6 Å². The van der Waals surface area contributed by atoms with Crippen LogP contribution in [0.5, 0.6) is 0 Å². The summed E-state index contributed by atoms with van der Waals surface area (Å²) in [5.74, 6) is 0.796. The van der Waals surface area contributed by atoms with E-state index in [9.17, 15) is 9.18 Å². The third-order valence-corrected chi connectivity index (χ3v) is 5.44. The normalized spacial score (nSPS) is 16.7. The molecule has 0 saturated carbocycles. The standard InChI is InChI=1S/C24H25FN4O2/c1-2-14-29(21-8-4-3-5-9-21)22(30)17-28-15-6-7-19(16-28)24-26-23(27-31-24)18-10-12-20(25)13-11-18/h2-5,8-13,19H,1,6-7,14-17H2. The summed E-state index contributed by atoms with van der Waals surface area (Å²) in [5, 5.41) is 4.06. The number of aromatic nitrogens is 2. The summed E-state index contributed by atoms with van der Waals surface area (Å²) in [6.07, 6.45) is 3.60. The van der Waals surface area contributed by atoms with Crippen LogP contribution in [-0.2, 0) is 4.79 Å². The molecule has 1 atom stereocenters. The smallest absolute Gasteiger partial charge is 0.241 e. The highest BCUT2D eigenvalue weighted by Crippen LogP contribution is 2.28. The van der Waals surface area contributed by atoms with E-state index >= 15 is 0 Å². The van der Waals surface area contributed by atoms with Gasteiger partial charge in [0.15, 0.2) is 0 Å². The van der Waals surface area contributed by atoms with E-state index in [4.69, 9.17) is 4.52 Å². The van der Waals surface area contributed by atoms with Crippen LogP contribution in [-0.4, -0.2) is 47.1 Å². The zero-order valence-corrected chi connectivity index (χ0v) is 17.3. The first-order valence-electron chi connectivity index (χ1n) is 10.4. The van der Waals surface area contributed by atoms with Gasteiger partial charge in [-0.15, -0.1) is 6.58 Å². The summed E-state index contributed by atoms with van der Waals surface area (Å²) in [7, 11) is 0. The predicted octanol–water partition coefficient (Wildman–Crippen LogP) is 4.27. The Bertz CT molecular complexity index is 1020. The number of benzene rings is 2. The number of nitrogens with zero attached hydrogens (tertiary/aromatic N) is 4. The molecule has 31 heavy (non-hydrogen) atoms. The van der Waals surface area contributed by atoms with Gasteiger partial charge in [-0.3, -0.25) is 9.69 Å². The van der Waals surface area contributed by atoms with Gasteiger partial charge >= 0.3 is 0 Å². The number of hydrogen-bond acceptors (Lipinski definition) is 5. The Balaban J connectivity index is 1.42. The first-order valence-corrected chi connectivity index (χ1v) is 10.4. The van der Waals surface area contributed by atoms with Crippen LogP contribution in [0.2, 0.25) is 0 Å². The molecular formula is C24H25FN4O2. The number of piperidine rings is 1. The van der Waals surface area contributed by atoms with Gasteiger partial charge in [0.1, 0.15) is 5.82 Å². The minimum Gasteiger partial charge on any atom is -0.339 e. The SMILES string of the molecule is C=CCN(C(=O)CN1CCCC(c2nc(-c3ccc(F)cc3)no2)C1)c1ccccc1. The molecule has 1 fully saturated rings. The van der Waals surface area contributed by atoms with Gasteiger partial charge in [0, 0.05) is 24.3 Å². The molecule has 1 aliphatic heterocycles. The fourth-order valence-electron chi connectivity index (χ4n) is 3.88. The van der Waals surface area contributed by atoms with Gasteiger partial charge in [0.25, 0.3) is 0 Å². The number of para-hydroxylation sites is 1. The summed E-state index contributed by atoms with van der Waals surface area (Å²) in [6.45, 7) is 6.08. The van der Waals surface area contributed by atoms with Crippen LogP contribution in [0.25, 0.3) is 11.4 Å². The molecule has 1 saturated heterocycles. The lowest BCUT2D eigenvalue weighted by atomic mass is 9.98. The fraction of sp³-hybridized carbons (Fsp3) is 0.292. The molecule has 2 heterocycles. The van der Waals surface area contributed by atoms with Gasteiger partial charge in [-0.2, -0.15) is 4.98 Å². The molecule has 1 unspecified atom stereocenters. The van der Waals surface area contributed by atoms with Crippen LogP contribution < -0.4 is 4.90 Å². The molecular weight excluding hydrogens is 395 g/mol. The minimum atomic E-state index is -0.305. The summed E-state index contributed by atoms with van der Waals surface area (Å²) in [6, 6.07) is 15.6. The molecule has 0 aliphatic carbocycles. The lowest BCUT2D eigenvalue weighted by Gasteiger charge is -2.32. The van der Waals surface area contributed by atoms with Crippen molar-refractivity contribution in [3.05, 3.63) is 79.0 Å². The number of carbonyl (C=O) groups excluding carboxylic acids is 1. The molecule has 6 nitrogen and oxygen atoms in total. The van der Waals surface area contributed by atoms with Gasteiger partial charge < -0.3 is 9.42 Å². The Morgan fingerprint density at radius 1 is 1.23 bits per heavy atom. The van der Waals surface area contributed by atoms with E-state index in [1.54, 1.807) is 23.1 Å². The average Bonchev–Trinajstić information content (AvgIpc) is 3.29. The minimum absolute atomic E-state index is 0.0317. The van der Waals surface area contributed by atoms with Gasteiger partial charge in [0.05, 0.1) is 12.5 Å². The van der Waals surface area contributed by atoms with Crippen molar-refractivity contribution in [3.8, 4) is 11.4 Å². The molecule has 2 aromatic carbocycles. The first kappa shape index (κ1) is 20.9. The molecule has 1 aromatic heterocycles.